The maximum atomic E-state index is 12.4. The zero-order valence-electron chi connectivity index (χ0n) is 13.5. The second-order valence-corrected chi connectivity index (χ2v) is 6.31. The maximum Gasteiger partial charge on any atom is 0.324 e. The van der Waals surface area contributed by atoms with E-state index in [0.717, 1.165) is 36.4 Å². The van der Waals surface area contributed by atoms with E-state index in [-0.39, 0.29) is 24.5 Å². The summed E-state index contributed by atoms with van der Waals surface area (Å²) in [6.45, 7) is 3.27. The summed E-state index contributed by atoms with van der Waals surface area (Å²) in [5.41, 5.74) is 1.13. The largest absolute Gasteiger partial charge is 0.486 e. The smallest absolute Gasteiger partial charge is 0.324 e. The molecule has 0 spiro atoms. The Labute approximate surface area is 140 Å². The quantitative estimate of drug-likeness (QED) is 0.899. The van der Waals surface area contributed by atoms with Gasteiger partial charge >= 0.3 is 6.03 Å². The minimum Gasteiger partial charge on any atom is -0.486 e. The SMILES string of the molecule is O=C(CN1CCC[C@H]1c1ccc2c(c1)OCCO2)N1CCNC1=O. The molecule has 3 amide bonds. The highest BCUT2D eigenvalue weighted by Crippen LogP contribution is 2.37. The lowest BCUT2D eigenvalue weighted by Gasteiger charge is -2.27. The molecular weight excluding hydrogens is 310 g/mol. The van der Waals surface area contributed by atoms with Crippen molar-refractivity contribution in [3.63, 3.8) is 0 Å². The van der Waals surface area contributed by atoms with Crippen LogP contribution in [0.25, 0.3) is 0 Å². The van der Waals surface area contributed by atoms with Crippen LogP contribution in [0.2, 0.25) is 0 Å². The van der Waals surface area contributed by atoms with E-state index in [0.29, 0.717) is 26.3 Å². The third-order valence-electron chi connectivity index (χ3n) is 4.81. The van der Waals surface area contributed by atoms with Crippen molar-refractivity contribution in [1.29, 1.82) is 0 Å². The predicted molar refractivity (Wildman–Crippen MR) is 86.1 cm³/mol. The molecule has 0 bridgehead atoms. The van der Waals surface area contributed by atoms with Gasteiger partial charge in [0.15, 0.2) is 11.5 Å². The molecule has 7 nitrogen and oxygen atoms in total. The van der Waals surface area contributed by atoms with Crippen LogP contribution in [-0.2, 0) is 4.79 Å². The number of hydrogen-bond donors (Lipinski definition) is 1. The lowest BCUT2D eigenvalue weighted by Crippen LogP contribution is -2.41. The van der Waals surface area contributed by atoms with Gasteiger partial charge in [-0.25, -0.2) is 4.79 Å². The first-order chi connectivity index (χ1) is 11.7. The fourth-order valence-corrected chi connectivity index (χ4v) is 3.63. The summed E-state index contributed by atoms with van der Waals surface area (Å²) >= 11 is 0. The molecule has 24 heavy (non-hydrogen) atoms. The van der Waals surface area contributed by atoms with E-state index in [4.69, 9.17) is 9.47 Å². The highest BCUT2D eigenvalue weighted by Gasteiger charge is 2.32. The lowest BCUT2D eigenvalue weighted by molar-refractivity contribution is -0.129. The molecular formula is C17H21N3O4. The van der Waals surface area contributed by atoms with E-state index in [1.807, 2.05) is 18.2 Å². The summed E-state index contributed by atoms with van der Waals surface area (Å²) in [7, 11) is 0. The van der Waals surface area contributed by atoms with E-state index < -0.39 is 0 Å². The number of imide groups is 1. The van der Waals surface area contributed by atoms with Crippen molar-refractivity contribution in [2.45, 2.75) is 18.9 Å². The number of nitrogens with zero attached hydrogens (tertiary/aromatic N) is 2. The van der Waals surface area contributed by atoms with Crippen molar-refractivity contribution in [1.82, 2.24) is 15.1 Å². The van der Waals surface area contributed by atoms with Crippen molar-refractivity contribution in [3.05, 3.63) is 23.8 Å². The first-order valence-electron chi connectivity index (χ1n) is 8.44. The molecule has 3 aliphatic heterocycles. The minimum absolute atomic E-state index is 0.130. The van der Waals surface area contributed by atoms with E-state index in [1.54, 1.807) is 0 Å². The molecule has 3 heterocycles. The van der Waals surface area contributed by atoms with Gasteiger partial charge in [0.2, 0.25) is 5.91 Å². The van der Waals surface area contributed by atoms with Crippen LogP contribution < -0.4 is 14.8 Å². The Bertz CT molecular complexity index is 663. The summed E-state index contributed by atoms with van der Waals surface area (Å²) in [6, 6.07) is 5.90. The molecule has 0 unspecified atom stereocenters. The summed E-state index contributed by atoms with van der Waals surface area (Å²) in [5.74, 6) is 1.42. The predicted octanol–water partition coefficient (Wildman–Crippen LogP) is 1.15. The van der Waals surface area contributed by atoms with Gasteiger partial charge in [-0.1, -0.05) is 6.07 Å². The van der Waals surface area contributed by atoms with Crippen molar-refractivity contribution in [2.24, 2.45) is 0 Å². The first kappa shape index (κ1) is 15.3. The normalized spacial score (nSPS) is 23.4. The Morgan fingerprint density at radius 1 is 1.21 bits per heavy atom. The average molecular weight is 331 g/mol. The van der Waals surface area contributed by atoms with Crippen molar-refractivity contribution < 1.29 is 19.1 Å². The molecule has 3 aliphatic rings. The first-order valence-corrected chi connectivity index (χ1v) is 8.44. The van der Waals surface area contributed by atoms with Crippen LogP contribution in [-0.4, -0.2) is 61.1 Å². The molecule has 0 aliphatic carbocycles. The standard InChI is InChI=1S/C17H21N3O4/c21-16(20-7-5-18-17(20)22)11-19-6-1-2-13(19)12-3-4-14-15(10-12)24-9-8-23-14/h3-4,10,13H,1-2,5-9,11H2,(H,18,22)/t13-/m0/s1. The number of rotatable bonds is 3. The van der Waals surface area contributed by atoms with Gasteiger partial charge < -0.3 is 14.8 Å². The van der Waals surface area contributed by atoms with Gasteiger partial charge in [0.25, 0.3) is 0 Å². The minimum atomic E-state index is -0.282. The number of benzene rings is 1. The van der Waals surface area contributed by atoms with Crippen molar-refractivity contribution >= 4 is 11.9 Å². The van der Waals surface area contributed by atoms with Gasteiger partial charge in [0.1, 0.15) is 13.2 Å². The number of carbonyl (C=O) groups is 2. The maximum absolute atomic E-state index is 12.4. The average Bonchev–Trinajstić information content (AvgIpc) is 3.23. The van der Waals surface area contributed by atoms with Crippen LogP contribution in [0.5, 0.6) is 11.5 Å². The topological polar surface area (TPSA) is 71.1 Å². The molecule has 1 atom stereocenters. The lowest BCUT2D eigenvalue weighted by atomic mass is 10.0. The van der Waals surface area contributed by atoms with Gasteiger partial charge in [-0.2, -0.15) is 0 Å². The Hall–Kier alpha value is -2.28. The van der Waals surface area contributed by atoms with Crippen molar-refractivity contribution in [3.8, 4) is 11.5 Å². The van der Waals surface area contributed by atoms with E-state index in [1.165, 1.54) is 4.90 Å². The Balaban J connectivity index is 1.48. The Morgan fingerprint density at radius 2 is 2.04 bits per heavy atom. The summed E-state index contributed by atoms with van der Waals surface area (Å²) < 4.78 is 11.2. The van der Waals surface area contributed by atoms with E-state index >= 15 is 0 Å². The molecule has 0 aromatic heterocycles. The van der Waals surface area contributed by atoms with Gasteiger partial charge in [-0.3, -0.25) is 14.6 Å². The molecule has 4 rings (SSSR count). The van der Waals surface area contributed by atoms with Gasteiger partial charge in [0, 0.05) is 19.1 Å². The number of likely N-dealkylation sites (tertiary alicyclic amines) is 1. The molecule has 128 valence electrons. The molecule has 2 fully saturated rings. The zero-order chi connectivity index (χ0) is 16.5. The van der Waals surface area contributed by atoms with Crippen LogP contribution in [0, 0.1) is 0 Å². The number of amides is 3. The number of hydrogen-bond acceptors (Lipinski definition) is 5. The summed E-state index contributed by atoms with van der Waals surface area (Å²) in [6.07, 6.45) is 2.04. The third-order valence-corrected chi connectivity index (χ3v) is 4.81. The Morgan fingerprint density at radius 3 is 2.83 bits per heavy atom. The molecule has 2 saturated heterocycles. The van der Waals surface area contributed by atoms with Crippen LogP contribution in [0.1, 0.15) is 24.4 Å². The third kappa shape index (κ3) is 2.80. The van der Waals surface area contributed by atoms with Gasteiger partial charge in [-0.15, -0.1) is 0 Å². The monoisotopic (exact) mass is 331 g/mol. The molecule has 1 aromatic carbocycles. The van der Waals surface area contributed by atoms with Crippen LogP contribution in [0.3, 0.4) is 0 Å². The van der Waals surface area contributed by atoms with Crippen molar-refractivity contribution in [2.75, 3.05) is 39.4 Å². The zero-order valence-corrected chi connectivity index (χ0v) is 13.5. The molecule has 0 radical (unpaired) electrons. The van der Waals surface area contributed by atoms with Crippen LogP contribution in [0.15, 0.2) is 18.2 Å². The van der Waals surface area contributed by atoms with E-state index in [9.17, 15) is 9.59 Å². The molecule has 1 N–H and O–H groups in total. The number of urea groups is 1. The Kier molecular flexibility index (Phi) is 4.02. The fraction of sp³-hybridized carbons (Fsp3) is 0.529. The van der Waals surface area contributed by atoms with Crippen LogP contribution >= 0.6 is 0 Å². The number of nitrogens with one attached hydrogen (secondary N) is 1. The van der Waals surface area contributed by atoms with E-state index in [2.05, 4.69) is 10.2 Å². The van der Waals surface area contributed by atoms with Gasteiger partial charge in [0.05, 0.1) is 6.54 Å². The number of fused-ring (bicyclic) bond motifs is 1. The second-order valence-electron chi connectivity index (χ2n) is 6.31. The summed E-state index contributed by atoms with van der Waals surface area (Å²) in [4.78, 5) is 27.5. The highest BCUT2D eigenvalue weighted by atomic mass is 16.6. The highest BCUT2D eigenvalue weighted by molar-refractivity contribution is 5.96. The fourth-order valence-electron chi connectivity index (χ4n) is 3.63. The number of ether oxygens (including phenoxy) is 2. The molecule has 7 heteroatoms. The van der Waals surface area contributed by atoms with Crippen LogP contribution in [0.4, 0.5) is 4.79 Å². The second kappa shape index (κ2) is 6.32. The molecule has 0 saturated carbocycles. The molecule has 1 aromatic rings. The van der Waals surface area contributed by atoms with Gasteiger partial charge in [-0.05, 0) is 37.1 Å². The number of carbonyl (C=O) groups excluding carboxylic acids is 2. The summed E-state index contributed by atoms with van der Waals surface area (Å²) in [5, 5.41) is 2.67.